The summed E-state index contributed by atoms with van der Waals surface area (Å²) in [6.07, 6.45) is 3.45. The highest BCUT2D eigenvalue weighted by Crippen LogP contribution is 2.12. The van der Waals surface area contributed by atoms with Crippen LogP contribution < -0.4 is 11.1 Å². The molecule has 0 aromatic carbocycles. The summed E-state index contributed by atoms with van der Waals surface area (Å²) in [5.41, 5.74) is 9.09. The fourth-order valence-electron chi connectivity index (χ4n) is 1.55. The van der Waals surface area contributed by atoms with Crippen molar-refractivity contribution in [2.45, 2.75) is 20.4 Å². The van der Waals surface area contributed by atoms with Crippen molar-refractivity contribution < 1.29 is 4.79 Å². The van der Waals surface area contributed by atoms with Gasteiger partial charge in [0, 0.05) is 18.9 Å². The summed E-state index contributed by atoms with van der Waals surface area (Å²) in [4.78, 5) is 15.9. The summed E-state index contributed by atoms with van der Waals surface area (Å²) in [5.74, 6) is -0.292. The molecule has 0 aliphatic carbocycles. The molecule has 0 saturated heterocycles. The predicted molar refractivity (Wildman–Crippen MR) is 67.9 cm³/mol. The van der Waals surface area contributed by atoms with Crippen LogP contribution in [0.3, 0.4) is 0 Å². The molecule has 0 aliphatic rings. The molecule has 18 heavy (non-hydrogen) atoms. The molecule has 0 radical (unpaired) electrons. The van der Waals surface area contributed by atoms with Gasteiger partial charge in [0.05, 0.1) is 11.4 Å². The number of carbonyl (C=O) groups is 1. The number of aromatic nitrogens is 3. The maximum Gasteiger partial charge on any atom is 0.274 e. The molecular weight excluding hydrogens is 230 g/mol. The van der Waals surface area contributed by atoms with E-state index in [0.29, 0.717) is 17.9 Å². The van der Waals surface area contributed by atoms with Crippen LogP contribution in [0.15, 0.2) is 18.5 Å². The quantitative estimate of drug-likeness (QED) is 0.749. The Balaban J connectivity index is 2.05. The first kappa shape index (κ1) is 12.1. The zero-order valence-electron chi connectivity index (χ0n) is 10.3. The standard InChI is InChI=1S/C12H15N5O/c1-7-3-4-14-5-9(7)6-15-12(18)11-10(13)8(2)16-17-11/h3-5H,6,13H2,1-2H3,(H,15,18)(H,16,17). The van der Waals surface area contributed by atoms with Crippen LogP contribution in [-0.4, -0.2) is 21.1 Å². The fraction of sp³-hybridized carbons (Fsp3) is 0.250. The number of rotatable bonds is 3. The number of nitrogen functional groups attached to an aromatic ring is 1. The summed E-state index contributed by atoms with van der Waals surface area (Å²) in [6, 6.07) is 1.90. The SMILES string of the molecule is Cc1ccncc1CNC(=O)c1n[nH]c(C)c1N. The van der Waals surface area contributed by atoms with Gasteiger partial charge in [0.1, 0.15) is 0 Å². The van der Waals surface area contributed by atoms with Crippen molar-refractivity contribution in [1.29, 1.82) is 0 Å². The number of nitrogens with one attached hydrogen (secondary N) is 2. The van der Waals surface area contributed by atoms with Crippen molar-refractivity contribution >= 4 is 11.6 Å². The highest BCUT2D eigenvalue weighted by atomic mass is 16.1. The molecular formula is C12H15N5O. The van der Waals surface area contributed by atoms with Gasteiger partial charge in [-0.3, -0.25) is 14.9 Å². The number of hydrogen-bond acceptors (Lipinski definition) is 4. The number of carbonyl (C=O) groups excluding carboxylic acids is 1. The van der Waals surface area contributed by atoms with E-state index < -0.39 is 0 Å². The molecule has 2 rings (SSSR count). The van der Waals surface area contributed by atoms with Crippen LogP contribution >= 0.6 is 0 Å². The van der Waals surface area contributed by atoms with E-state index >= 15 is 0 Å². The lowest BCUT2D eigenvalue weighted by Gasteiger charge is -2.06. The van der Waals surface area contributed by atoms with Crippen molar-refractivity contribution in [3.63, 3.8) is 0 Å². The molecule has 0 unspecified atom stereocenters. The van der Waals surface area contributed by atoms with Crippen LogP contribution in [-0.2, 0) is 6.54 Å². The topological polar surface area (TPSA) is 96.7 Å². The van der Waals surface area contributed by atoms with Gasteiger partial charge in [-0.15, -0.1) is 0 Å². The first-order valence-electron chi connectivity index (χ1n) is 5.57. The first-order valence-corrected chi connectivity index (χ1v) is 5.57. The normalized spacial score (nSPS) is 10.3. The van der Waals surface area contributed by atoms with E-state index in [1.165, 1.54) is 0 Å². The number of nitrogens with zero attached hydrogens (tertiary/aromatic N) is 2. The number of H-pyrrole nitrogens is 1. The smallest absolute Gasteiger partial charge is 0.274 e. The van der Waals surface area contributed by atoms with Crippen molar-refractivity contribution in [3.8, 4) is 0 Å². The van der Waals surface area contributed by atoms with Gasteiger partial charge in [-0.2, -0.15) is 5.10 Å². The molecule has 94 valence electrons. The molecule has 6 nitrogen and oxygen atoms in total. The van der Waals surface area contributed by atoms with E-state index in [-0.39, 0.29) is 11.6 Å². The lowest BCUT2D eigenvalue weighted by molar-refractivity contribution is 0.0946. The van der Waals surface area contributed by atoms with E-state index in [4.69, 9.17) is 5.73 Å². The van der Waals surface area contributed by atoms with Crippen LogP contribution in [0.2, 0.25) is 0 Å². The van der Waals surface area contributed by atoms with Gasteiger partial charge in [0.25, 0.3) is 5.91 Å². The Kier molecular flexibility index (Phi) is 3.27. The molecule has 2 heterocycles. The third-order valence-electron chi connectivity index (χ3n) is 2.80. The lowest BCUT2D eigenvalue weighted by Crippen LogP contribution is -2.24. The maximum atomic E-state index is 11.9. The second-order valence-electron chi connectivity index (χ2n) is 4.10. The molecule has 0 fully saturated rings. The van der Waals surface area contributed by atoms with Crippen LogP contribution in [0.25, 0.3) is 0 Å². The molecule has 2 aromatic rings. The van der Waals surface area contributed by atoms with Gasteiger partial charge in [-0.05, 0) is 31.0 Å². The van der Waals surface area contributed by atoms with E-state index in [9.17, 15) is 4.79 Å². The van der Waals surface area contributed by atoms with E-state index in [2.05, 4.69) is 20.5 Å². The Labute approximate surface area is 105 Å². The first-order chi connectivity index (χ1) is 8.59. The summed E-state index contributed by atoms with van der Waals surface area (Å²) >= 11 is 0. The number of amides is 1. The van der Waals surface area contributed by atoms with Crippen LogP contribution in [0.4, 0.5) is 5.69 Å². The number of hydrogen-bond donors (Lipinski definition) is 3. The Bertz CT molecular complexity index is 576. The molecule has 2 aromatic heterocycles. The largest absolute Gasteiger partial charge is 0.395 e. The molecule has 0 bridgehead atoms. The third kappa shape index (κ3) is 2.32. The van der Waals surface area contributed by atoms with Gasteiger partial charge in [0.15, 0.2) is 5.69 Å². The number of pyridine rings is 1. The van der Waals surface area contributed by atoms with Gasteiger partial charge in [0.2, 0.25) is 0 Å². The number of anilines is 1. The predicted octanol–water partition coefficient (Wildman–Crippen LogP) is 0.934. The molecule has 0 atom stereocenters. The van der Waals surface area contributed by atoms with Crippen LogP contribution in [0.5, 0.6) is 0 Å². The maximum absolute atomic E-state index is 11.9. The number of nitrogens with two attached hydrogens (primary N) is 1. The van der Waals surface area contributed by atoms with Crippen LogP contribution in [0, 0.1) is 13.8 Å². The van der Waals surface area contributed by atoms with Gasteiger partial charge >= 0.3 is 0 Å². The molecule has 0 saturated carbocycles. The van der Waals surface area contributed by atoms with E-state index in [1.807, 2.05) is 13.0 Å². The molecule has 0 aliphatic heterocycles. The zero-order chi connectivity index (χ0) is 13.1. The summed E-state index contributed by atoms with van der Waals surface area (Å²) < 4.78 is 0. The Morgan fingerprint density at radius 1 is 1.50 bits per heavy atom. The van der Waals surface area contributed by atoms with Gasteiger partial charge < -0.3 is 11.1 Å². The lowest BCUT2D eigenvalue weighted by atomic mass is 10.1. The number of aryl methyl sites for hydroxylation is 2. The molecule has 4 N–H and O–H groups in total. The fourth-order valence-corrected chi connectivity index (χ4v) is 1.55. The monoisotopic (exact) mass is 245 g/mol. The Morgan fingerprint density at radius 3 is 2.89 bits per heavy atom. The highest BCUT2D eigenvalue weighted by molar-refractivity contribution is 5.97. The zero-order valence-corrected chi connectivity index (χ0v) is 10.3. The highest BCUT2D eigenvalue weighted by Gasteiger charge is 2.14. The van der Waals surface area contributed by atoms with E-state index in [0.717, 1.165) is 11.1 Å². The third-order valence-corrected chi connectivity index (χ3v) is 2.80. The van der Waals surface area contributed by atoms with E-state index in [1.54, 1.807) is 19.3 Å². The molecule has 6 heteroatoms. The second-order valence-corrected chi connectivity index (χ2v) is 4.10. The van der Waals surface area contributed by atoms with Crippen molar-refractivity contribution in [1.82, 2.24) is 20.5 Å². The second kappa shape index (κ2) is 4.87. The minimum absolute atomic E-state index is 0.231. The van der Waals surface area contributed by atoms with Crippen LogP contribution in [0.1, 0.15) is 27.3 Å². The summed E-state index contributed by atoms with van der Waals surface area (Å²) in [6.45, 7) is 4.14. The Morgan fingerprint density at radius 2 is 2.28 bits per heavy atom. The minimum Gasteiger partial charge on any atom is -0.395 e. The summed E-state index contributed by atoms with van der Waals surface area (Å²) in [5, 5.41) is 9.32. The summed E-state index contributed by atoms with van der Waals surface area (Å²) in [7, 11) is 0. The average molecular weight is 245 g/mol. The molecule has 1 amide bonds. The average Bonchev–Trinajstić information content (AvgIpc) is 2.69. The van der Waals surface area contributed by atoms with Gasteiger partial charge in [-0.1, -0.05) is 0 Å². The van der Waals surface area contributed by atoms with Crippen molar-refractivity contribution in [2.24, 2.45) is 0 Å². The minimum atomic E-state index is -0.292. The van der Waals surface area contributed by atoms with Crippen molar-refractivity contribution in [3.05, 3.63) is 41.0 Å². The van der Waals surface area contributed by atoms with Gasteiger partial charge in [-0.25, -0.2) is 0 Å². The molecule has 0 spiro atoms. The van der Waals surface area contributed by atoms with Crippen molar-refractivity contribution in [2.75, 3.05) is 5.73 Å². The number of aromatic amines is 1. The Hall–Kier alpha value is -2.37.